The summed E-state index contributed by atoms with van der Waals surface area (Å²) in [6, 6.07) is 8.40. The van der Waals surface area contributed by atoms with Crippen molar-refractivity contribution in [3.8, 4) is 0 Å². The van der Waals surface area contributed by atoms with Crippen LogP contribution in [0, 0.1) is 5.92 Å². The topological polar surface area (TPSA) is 130 Å². The third kappa shape index (κ3) is 4.43. The van der Waals surface area contributed by atoms with Crippen molar-refractivity contribution >= 4 is 56.9 Å². The number of rotatable bonds is 7. The van der Waals surface area contributed by atoms with E-state index in [0.717, 1.165) is 90.0 Å². The summed E-state index contributed by atoms with van der Waals surface area (Å²) in [5.74, 6) is 1.80. The molecule has 3 aromatic heterocycles. The van der Waals surface area contributed by atoms with Crippen LogP contribution in [0.3, 0.4) is 0 Å². The van der Waals surface area contributed by atoms with E-state index in [1.807, 2.05) is 6.07 Å². The van der Waals surface area contributed by atoms with Gasteiger partial charge in [0, 0.05) is 40.6 Å². The number of nitrogens with one attached hydrogen (secondary N) is 1. The van der Waals surface area contributed by atoms with Crippen molar-refractivity contribution in [3.05, 3.63) is 52.8 Å². The van der Waals surface area contributed by atoms with Gasteiger partial charge in [0.25, 0.3) is 0 Å². The van der Waals surface area contributed by atoms with Crippen LogP contribution in [0.2, 0.25) is 5.02 Å². The highest BCUT2D eigenvalue weighted by molar-refractivity contribution is 7.99. The first-order chi connectivity index (χ1) is 19.2. The molecule has 10 heteroatoms. The molecular weight excluding hydrogens is 542 g/mol. The molecule has 208 valence electrons. The van der Waals surface area contributed by atoms with Crippen LogP contribution < -0.4 is 16.4 Å². The summed E-state index contributed by atoms with van der Waals surface area (Å²) in [6.45, 7) is 7.40. The first kappa shape index (κ1) is 26.1. The Hall–Kier alpha value is -2.85. The van der Waals surface area contributed by atoms with Gasteiger partial charge in [-0.3, -0.25) is 0 Å². The second-order valence-corrected chi connectivity index (χ2v) is 13.2. The fraction of sp³-hybridized carbons (Fsp3) is 0.433. The van der Waals surface area contributed by atoms with Crippen LogP contribution in [0.4, 0.5) is 5.82 Å². The van der Waals surface area contributed by atoms with E-state index in [4.69, 9.17) is 38.0 Å². The highest BCUT2D eigenvalue weighted by Gasteiger charge is 2.51. The molecule has 2 aliphatic carbocycles. The normalized spacial score (nSPS) is 23.6. The molecule has 0 bridgehead atoms. The van der Waals surface area contributed by atoms with Crippen LogP contribution in [0.1, 0.15) is 61.9 Å². The fourth-order valence-corrected chi connectivity index (χ4v) is 7.49. The molecule has 8 nitrogen and oxygen atoms in total. The number of benzene rings is 1. The summed E-state index contributed by atoms with van der Waals surface area (Å²) in [5.41, 5.74) is 17.0. The fourth-order valence-electron chi connectivity index (χ4n) is 6.35. The predicted molar refractivity (Wildman–Crippen MR) is 162 cm³/mol. The molecule has 0 amide bonds. The zero-order chi connectivity index (χ0) is 27.8. The largest absolute Gasteiger partial charge is 0.506 e. The maximum atomic E-state index is 10.2. The van der Waals surface area contributed by atoms with E-state index in [1.54, 1.807) is 0 Å². The van der Waals surface area contributed by atoms with Gasteiger partial charge in [-0.15, -0.1) is 0 Å². The van der Waals surface area contributed by atoms with Crippen molar-refractivity contribution in [2.45, 2.75) is 73.0 Å². The van der Waals surface area contributed by atoms with Crippen molar-refractivity contribution < 1.29 is 5.11 Å². The van der Waals surface area contributed by atoms with E-state index in [1.165, 1.54) is 17.3 Å². The maximum Gasteiger partial charge on any atom is 0.196 e. The number of H-pyrrole nitrogens is 1. The number of aromatic nitrogens is 4. The van der Waals surface area contributed by atoms with Gasteiger partial charge < -0.3 is 26.5 Å². The number of aryl methyl sites for hydroxylation is 1. The van der Waals surface area contributed by atoms with Crippen molar-refractivity contribution in [3.63, 3.8) is 0 Å². The van der Waals surface area contributed by atoms with Gasteiger partial charge in [0.15, 0.2) is 5.16 Å². The van der Waals surface area contributed by atoms with E-state index in [2.05, 4.69) is 41.6 Å². The smallest absolute Gasteiger partial charge is 0.196 e. The molecule has 1 aliphatic heterocycles. The van der Waals surface area contributed by atoms with Crippen LogP contribution in [0.15, 0.2) is 40.9 Å². The first-order valence-electron chi connectivity index (χ1n) is 14.1. The van der Waals surface area contributed by atoms with Gasteiger partial charge in [0.05, 0.1) is 15.9 Å². The van der Waals surface area contributed by atoms with E-state index >= 15 is 0 Å². The average molecular weight is 576 g/mol. The standard InChI is InChI=1S/C30H34ClN7OS/c1-3-22-26(31)25-27(35-22)36-29(37-28(25)38-9-6-18(32)14-38)40-19-4-5-20-21(13-23(15(2)39)34-24(20)12-19)16-10-17(11-16)30(33)7-8-30/h4-5,12-13,16-18,39H,2-3,6-11,14,32-33H2,1H3,(H,35,36,37)/t16?,17?,18-/m0/s1. The van der Waals surface area contributed by atoms with Crippen molar-refractivity contribution in [1.82, 2.24) is 19.9 Å². The number of nitrogens with zero attached hydrogens (tertiary/aromatic N) is 4. The molecule has 40 heavy (non-hydrogen) atoms. The number of aromatic amines is 1. The Labute approximate surface area is 242 Å². The Morgan fingerprint density at radius 2 is 2.05 bits per heavy atom. The van der Waals surface area contributed by atoms with Gasteiger partial charge in [-0.1, -0.05) is 31.2 Å². The van der Waals surface area contributed by atoms with Gasteiger partial charge in [0.1, 0.15) is 22.9 Å². The van der Waals surface area contributed by atoms with E-state index in [9.17, 15) is 5.11 Å². The maximum absolute atomic E-state index is 10.2. The molecule has 0 radical (unpaired) electrons. The number of hydrogen-bond acceptors (Lipinski definition) is 8. The third-order valence-electron chi connectivity index (χ3n) is 9.04. The molecule has 1 atom stereocenters. The lowest BCUT2D eigenvalue weighted by Crippen LogP contribution is -2.40. The third-order valence-corrected chi connectivity index (χ3v) is 10.3. The Morgan fingerprint density at radius 3 is 2.73 bits per heavy atom. The minimum Gasteiger partial charge on any atom is -0.506 e. The van der Waals surface area contributed by atoms with E-state index < -0.39 is 0 Å². The van der Waals surface area contributed by atoms with E-state index in [-0.39, 0.29) is 17.3 Å². The number of aliphatic hydroxyl groups is 1. The minimum atomic E-state index is -0.0211. The Balaban J connectivity index is 1.25. The summed E-state index contributed by atoms with van der Waals surface area (Å²) in [6.07, 6.45) is 6.13. The van der Waals surface area contributed by atoms with Gasteiger partial charge in [0.2, 0.25) is 0 Å². The summed E-state index contributed by atoms with van der Waals surface area (Å²) in [4.78, 5) is 21.2. The molecule has 7 rings (SSSR count). The number of fused-ring (bicyclic) bond motifs is 2. The molecule has 3 aliphatic rings. The van der Waals surface area contributed by atoms with Gasteiger partial charge >= 0.3 is 0 Å². The molecule has 0 unspecified atom stereocenters. The molecule has 4 aromatic rings. The molecule has 6 N–H and O–H groups in total. The van der Waals surface area contributed by atoms with Crippen LogP contribution in [0.25, 0.3) is 27.7 Å². The molecule has 0 spiro atoms. The van der Waals surface area contributed by atoms with Crippen LogP contribution >= 0.6 is 23.4 Å². The zero-order valence-corrected chi connectivity index (χ0v) is 24.2. The number of anilines is 1. The lowest BCUT2D eigenvalue weighted by atomic mass is 9.66. The van der Waals surface area contributed by atoms with E-state index in [0.29, 0.717) is 27.7 Å². The van der Waals surface area contributed by atoms with Crippen LogP contribution in [-0.4, -0.2) is 49.7 Å². The number of pyridine rings is 1. The highest BCUT2D eigenvalue weighted by Crippen LogP contribution is 2.55. The number of nitrogens with two attached hydrogens (primary N) is 2. The molecule has 1 saturated heterocycles. The average Bonchev–Trinajstić information content (AvgIpc) is 3.33. The summed E-state index contributed by atoms with van der Waals surface area (Å²) in [5, 5.41) is 13.5. The van der Waals surface area contributed by atoms with Crippen LogP contribution in [0.5, 0.6) is 0 Å². The molecule has 4 heterocycles. The number of halogens is 1. The quantitative estimate of drug-likeness (QED) is 0.158. The first-order valence-corrected chi connectivity index (χ1v) is 15.3. The second-order valence-electron chi connectivity index (χ2n) is 11.7. The highest BCUT2D eigenvalue weighted by atomic mass is 35.5. The van der Waals surface area contributed by atoms with Crippen molar-refractivity contribution in [2.75, 3.05) is 18.0 Å². The van der Waals surface area contributed by atoms with Gasteiger partial charge in [-0.05, 0) is 85.9 Å². The Kier molecular flexibility index (Phi) is 6.27. The SMILES string of the molecule is C=C(O)c1cc(C2CC(C3(N)CC3)C2)c2ccc(Sc3nc(N4CC[C@H](N)C4)c4c(Cl)c(CC)[nH]c4n3)cc2n1. The van der Waals surface area contributed by atoms with Crippen molar-refractivity contribution in [1.29, 1.82) is 0 Å². The number of aliphatic hydroxyl groups excluding tert-OH is 1. The summed E-state index contributed by atoms with van der Waals surface area (Å²) < 4.78 is 0. The minimum absolute atomic E-state index is 0.0211. The second kappa shape index (κ2) is 9.62. The summed E-state index contributed by atoms with van der Waals surface area (Å²) >= 11 is 8.26. The molecule has 3 fully saturated rings. The molecule has 1 aromatic carbocycles. The molecular formula is C30H34ClN7OS. The lowest BCUT2D eigenvalue weighted by molar-refractivity contribution is 0.208. The van der Waals surface area contributed by atoms with Crippen LogP contribution in [-0.2, 0) is 6.42 Å². The predicted octanol–water partition coefficient (Wildman–Crippen LogP) is 5.92. The molecule has 2 saturated carbocycles. The van der Waals surface area contributed by atoms with Gasteiger partial charge in [-0.2, -0.15) is 0 Å². The Bertz CT molecular complexity index is 1660. The van der Waals surface area contributed by atoms with Gasteiger partial charge in [-0.25, -0.2) is 15.0 Å². The monoisotopic (exact) mass is 575 g/mol. The number of hydrogen-bond donors (Lipinski definition) is 4. The summed E-state index contributed by atoms with van der Waals surface area (Å²) in [7, 11) is 0. The zero-order valence-electron chi connectivity index (χ0n) is 22.6. The van der Waals surface area contributed by atoms with Crippen molar-refractivity contribution in [2.24, 2.45) is 17.4 Å². The lowest BCUT2D eigenvalue weighted by Gasteiger charge is -2.40. The Morgan fingerprint density at radius 1 is 1.25 bits per heavy atom.